The summed E-state index contributed by atoms with van der Waals surface area (Å²) in [6.07, 6.45) is 3.82. The van der Waals surface area contributed by atoms with Crippen LogP contribution >= 0.6 is 11.8 Å². The van der Waals surface area contributed by atoms with Crippen molar-refractivity contribution in [2.24, 2.45) is 0 Å². The zero-order valence-electron chi connectivity index (χ0n) is 9.60. The van der Waals surface area contributed by atoms with Gasteiger partial charge in [0, 0.05) is 18.4 Å². The van der Waals surface area contributed by atoms with Gasteiger partial charge in [0.1, 0.15) is 5.03 Å². The standard InChI is InChI=1S/C13H13N3S/c1-17-12-10-6-8-4-2-3-5-9(8)7-11(10)15-13(14)16-12/h2-5H,6-7H2,1H3,(H2,14,15,16). The van der Waals surface area contributed by atoms with Gasteiger partial charge in [0.2, 0.25) is 5.95 Å². The molecule has 0 atom stereocenters. The molecule has 86 valence electrons. The van der Waals surface area contributed by atoms with Gasteiger partial charge in [-0.05, 0) is 17.4 Å². The van der Waals surface area contributed by atoms with Crippen molar-refractivity contribution in [3.05, 3.63) is 46.6 Å². The van der Waals surface area contributed by atoms with Crippen molar-refractivity contribution in [1.82, 2.24) is 9.97 Å². The van der Waals surface area contributed by atoms with Gasteiger partial charge in [0.15, 0.2) is 0 Å². The lowest BCUT2D eigenvalue weighted by Gasteiger charge is -2.20. The molecular formula is C13H13N3S. The minimum absolute atomic E-state index is 0.382. The molecule has 0 aliphatic heterocycles. The summed E-state index contributed by atoms with van der Waals surface area (Å²) in [5, 5.41) is 1.02. The molecule has 1 heterocycles. The van der Waals surface area contributed by atoms with Gasteiger partial charge < -0.3 is 5.73 Å². The topological polar surface area (TPSA) is 51.8 Å². The molecular weight excluding hydrogens is 230 g/mol. The van der Waals surface area contributed by atoms with E-state index < -0.39 is 0 Å². The van der Waals surface area contributed by atoms with E-state index in [1.807, 2.05) is 6.26 Å². The lowest BCUT2D eigenvalue weighted by molar-refractivity contribution is 0.866. The summed E-state index contributed by atoms with van der Waals surface area (Å²) in [5.74, 6) is 0.382. The average molecular weight is 243 g/mol. The first-order valence-electron chi connectivity index (χ1n) is 5.54. The van der Waals surface area contributed by atoms with Crippen LogP contribution in [0.15, 0.2) is 29.3 Å². The highest BCUT2D eigenvalue weighted by Gasteiger charge is 2.20. The van der Waals surface area contributed by atoms with Gasteiger partial charge in [-0.15, -0.1) is 11.8 Å². The number of hydrogen-bond donors (Lipinski definition) is 1. The molecule has 1 aromatic heterocycles. The Morgan fingerprint density at radius 3 is 2.53 bits per heavy atom. The van der Waals surface area contributed by atoms with E-state index in [0.717, 1.165) is 23.6 Å². The van der Waals surface area contributed by atoms with Crippen LogP contribution in [-0.2, 0) is 12.8 Å². The molecule has 2 aromatic rings. The highest BCUT2D eigenvalue weighted by molar-refractivity contribution is 7.98. The fourth-order valence-corrected chi connectivity index (χ4v) is 2.91. The van der Waals surface area contributed by atoms with E-state index in [1.165, 1.54) is 16.7 Å². The number of aromatic nitrogens is 2. The third-order valence-electron chi connectivity index (χ3n) is 3.11. The van der Waals surface area contributed by atoms with Crippen LogP contribution in [-0.4, -0.2) is 16.2 Å². The molecule has 17 heavy (non-hydrogen) atoms. The Morgan fingerprint density at radius 1 is 1.12 bits per heavy atom. The van der Waals surface area contributed by atoms with Gasteiger partial charge in [-0.25, -0.2) is 9.97 Å². The fraction of sp³-hybridized carbons (Fsp3) is 0.231. The molecule has 0 fully saturated rings. The molecule has 0 saturated carbocycles. The molecule has 0 amide bonds. The van der Waals surface area contributed by atoms with Crippen molar-refractivity contribution in [3.63, 3.8) is 0 Å². The largest absolute Gasteiger partial charge is 0.368 e. The number of thioether (sulfide) groups is 1. The van der Waals surface area contributed by atoms with Crippen LogP contribution in [0.25, 0.3) is 0 Å². The quantitative estimate of drug-likeness (QED) is 0.526. The maximum atomic E-state index is 5.74. The SMILES string of the molecule is CSc1nc(N)nc2c1Cc1ccccc1C2. The second-order valence-electron chi connectivity index (χ2n) is 4.14. The minimum atomic E-state index is 0.382. The van der Waals surface area contributed by atoms with Crippen molar-refractivity contribution in [2.75, 3.05) is 12.0 Å². The van der Waals surface area contributed by atoms with Gasteiger partial charge in [0.25, 0.3) is 0 Å². The lowest BCUT2D eigenvalue weighted by Crippen LogP contribution is -2.13. The molecule has 0 unspecified atom stereocenters. The molecule has 4 heteroatoms. The van der Waals surface area contributed by atoms with Gasteiger partial charge in [-0.1, -0.05) is 24.3 Å². The molecule has 0 radical (unpaired) electrons. The molecule has 0 spiro atoms. The molecule has 3 nitrogen and oxygen atoms in total. The Hall–Kier alpha value is -1.55. The Bertz CT molecular complexity index is 581. The number of nitrogen functional groups attached to an aromatic ring is 1. The van der Waals surface area contributed by atoms with E-state index in [2.05, 4.69) is 34.2 Å². The molecule has 1 aliphatic rings. The summed E-state index contributed by atoms with van der Waals surface area (Å²) < 4.78 is 0. The zero-order valence-corrected chi connectivity index (χ0v) is 10.4. The average Bonchev–Trinajstić information content (AvgIpc) is 2.35. The molecule has 1 aliphatic carbocycles. The van der Waals surface area contributed by atoms with E-state index in [4.69, 9.17) is 5.73 Å². The predicted molar refractivity (Wildman–Crippen MR) is 70.3 cm³/mol. The molecule has 0 saturated heterocycles. The first-order chi connectivity index (χ1) is 8.28. The van der Waals surface area contributed by atoms with Crippen LogP contribution in [0.3, 0.4) is 0 Å². The first-order valence-corrected chi connectivity index (χ1v) is 6.76. The van der Waals surface area contributed by atoms with Crippen molar-refractivity contribution in [3.8, 4) is 0 Å². The van der Waals surface area contributed by atoms with E-state index in [-0.39, 0.29) is 0 Å². The Labute approximate surface area is 104 Å². The van der Waals surface area contributed by atoms with Gasteiger partial charge in [-0.2, -0.15) is 0 Å². The van der Waals surface area contributed by atoms with Crippen molar-refractivity contribution >= 4 is 17.7 Å². The van der Waals surface area contributed by atoms with Crippen LogP contribution in [0, 0.1) is 0 Å². The normalized spacial score (nSPS) is 13.0. The summed E-state index contributed by atoms with van der Waals surface area (Å²) in [7, 11) is 0. The third kappa shape index (κ3) is 1.78. The van der Waals surface area contributed by atoms with E-state index >= 15 is 0 Å². The van der Waals surface area contributed by atoms with E-state index in [9.17, 15) is 0 Å². The Kier molecular flexibility index (Phi) is 2.52. The fourth-order valence-electron chi connectivity index (χ4n) is 2.29. The van der Waals surface area contributed by atoms with Crippen molar-refractivity contribution in [2.45, 2.75) is 17.9 Å². The number of benzene rings is 1. The van der Waals surface area contributed by atoms with Crippen molar-refractivity contribution < 1.29 is 0 Å². The number of rotatable bonds is 1. The Morgan fingerprint density at radius 2 is 1.82 bits per heavy atom. The predicted octanol–water partition coefficient (Wildman–Crippen LogP) is 2.28. The Balaban J connectivity index is 2.14. The smallest absolute Gasteiger partial charge is 0.221 e. The number of hydrogen-bond acceptors (Lipinski definition) is 4. The molecule has 2 N–H and O–H groups in total. The van der Waals surface area contributed by atoms with Gasteiger partial charge in [-0.3, -0.25) is 0 Å². The van der Waals surface area contributed by atoms with Crippen LogP contribution in [0.1, 0.15) is 22.4 Å². The number of anilines is 1. The lowest BCUT2D eigenvalue weighted by atomic mass is 9.90. The summed E-state index contributed by atoms with van der Waals surface area (Å²) >= 11 is 1.64. The minimum Gasteiger partial charge on any atom is -0.368 e. The highest BCUT2D eigenvalue weighted by Crippen LogP contribution is 2.31. The number of fused-ring (bicyclic) bond motifs is 2. The molecule has 3 rings (SSSR count). The second-order valence-corrected chi connectivity index (χ2v) is 4.93. The molecule has 1 aromatic carbocycles. The summed E-state index contributed by atoms with van der Waals surface area (Å²) in [6, 6.07) is 8.50. The van der Waals surface area contributed by atoms with E-state index in [1.54, 1.807) is 11.8 Å². The second kappa shape index (κ2) is 4.04. The van der Waals surface area contributed by atoms with Crippen LogP contribution in [0.2, 0.25) is 0 Å². The maximum absolute atomic E-state index is 5.74. The molecule has 0 bridgehead atoms. The van der Waals surface area contributed by atoms with Crippen LogP contribution in [0.4, 0.5) is 5.95 Å². The number of nitrogens with two attached hydrogens (primary N) is 1. The highest BCUT2D eigenvalue weighted by atomic mass is 32.2. The van der Waals surface area contributed by atoms with Crippen LogP contribution < -0.4 is 5.73 Å². The van der Waals surface area contributed by atoms with Crippen LogP contribution in [0.5, 0.6) is 0 Å². The number of nitrogens with zero attached hydrogens (tertiary/aromatic N) is 2. The van der Waals surface area contributed by atoms with Gasteiger partial charge >= 0.3 is 0 Å². The van der Waals surface area contributed by atoms with E-state index in [0.29, 0.717) is 5.95 Å². The van der Waals surface area contributed by atoms with Crippen molar-refractivity contribution in [1.29, 1.82) is 0 Å². The third-order valence-corrected chi connectivity index (χ3v) is 3.83. The summed E-state index contributed by atoms with van der Waals surface area (Å²) in [6.45, 7) is 0. The zero-order chi connectivity index (χ0) is 11.8. The summed E-state index contributed by atoms with van der Waals surface area (Å²) in [5.41, 5.74) is 10.8. The monoisotopic (exact) mass is 243 g/mol. The summed E-state index contributed by atoms with van der Waals surface area (Å²) in [4.78, 5) is 8.68. The first kappa shape index (κ1) is 10.6. The van der Waals surface area contributed by atoms with Gasteiger partial charge in [0.05, 0.1) is 5.69 Å². The maximum Gasteiger partial charge on any atom is 0.221 e.